The molecule has 126 valence electrons. The quantitative estimate of drug-likeness (QED) is 0.755. The van der Waals surface area contributed by atoms with Crippen molar-refractivity contribution in [3.8, 4) is 0 Å². The van der Waals surface area contributed by atoms with Gasteiger partial charge in [-0.05, 0) is 48.9 Å². The number of anilines is 1. The number of amides is 1. The standard InChI is InChI=1S/C19H16ClN3O2/c1-12-6-7-13(10-16(12)20)22-18-17-15(5-2-8-21-17)19(24)23(18)11-14-4-3-9-25-14/h2-10,18,22H,11H2,1H3. The monoisotopic (exact) mass is 353 g/mol. The van der Waals surface area contributed by atoms with Crippen LogP contribution in [0.1, 0.15) is 33.5 Å². The van der Waals surface area contributed by atoms with Gasteiger partial charge in [0.25, 0.3) is 5.91 Å². The van der Waals surface area contributed by atoms with Gasteiger partial charge in [-0.1, -0.05) is 17.7 Å². The normalized spacial score (nSPS) is 16.2. The molecule has 0 aliphatic carbocycles. The molecule has 0 spiro atoms. The van der Waals surface area contributed by atoms with E-state index in [0.717, 1.165) is 17.0 Å². The molecule has 6 heteroatoms. The Hall–Kier alpha value is -2.79. The highest BCUT2D eigenvalue weighted by Gasteiger charge is 2.38. The van der Waals surface area contributed by atoms with Crippen LogP contribution in [-0.4, -0.2) is 15.8 Å². The summed E-state index contributed by atoms with van der Waals surface area (Å²) in [6.07, 6.45) is 2.91. The number of pyridine rings is 1. The average molecular weight is 354 g/mol. The Morgan fingerprint density at radius 3 is 2.92 bits per heavy atom. The van der Waals surface area contributed by atoms with Gasteiger partial charge in [0.2, 0.25) is 0 Å². The number of furan rings is 1. The molecule has 2 aromatic heterocycles. The molecule has 0 saturated carbocycles. The number of carbonyl (C=O) groups is 1. The smallest absolute Gasteiger partial charge is 0.258 e. The molecular formula is C19H16ClN3O2. The van der Waals surface area contributed by atoms with E-state index in [0.29, 0.717) is 22.8 Å². The van der Waals surface area contributed by atoms with E-state index in [1.54, 1.807) is 29.5 Å². The Balaban J connectivity index is 1.70. The highest BCUT2D eigenvalue weighted by atomic mass is 35.5. The lowest BCUT2D eigenvalue weighted by atomic mass is 10.2. The summed E-state index contributed by atoms with van der Waals surface area (Å²) in [5, 5.41) is 4.05. The van der Waals surface area contributed by atoms with Crippen LogP contribution in [0, 0.1) is 6.92 Å². The number of hydrogen-bond acceptors (Lipinski definition) is 4. The van der Waals surface area contributed by atoms with Gasteiger partial charge in [-0.15, -0.1) is 0 Å². The van der Waals surface area contributed by atoms with Crippen LogP contribution in [0.2, 0.25) is 5.02 Å². The number of halogens is 1. The van der Waals surface area contributed by atoms with Crippen molar-refractivity contribution in [1.82, 2.24) is 9.88 Å². The molecule has 1 aromatic carbocycles. The highest BCUT2D eigenvalue weighted by molar-refractivity contribution is 6.31. The first kappa shape index (κ1) is 15.7. The second-order valence-electron chi connectivity index (χ2n) is 5.96. The van der Waals surface area contributed by atoms with E-state index < -0.39 is 0 Å². The van der Waals surface area contributed by atoms with E-state index in [9.17, 15) is 4.79 Å². The average Bonchev–Trinajstić information content (AvgIpc) is 3.21. The summed E-state index contributed by atoms with van der Waals surface area (Å²) in [4.78, 5) is 19.0. The van der Waals surface area contributed by atoms with Gasteiger partial charge in [0, 0.05) is 16.9 Å². The number of aromatic nitrogens is 1. The van der Waals surface area contributed by atoms with E-state index >= 15 is 0 Å². The summed E-state index contributed by atoms with van der Waals surface area (Å²) in [5.74, 6) is 0.644. The number of carbonyl (C=O) groups excluding carboxylic acids is 1. The van der Waals surface area contributed by atoms with Crippen LogP contribution in [0.15, 0.2) is 59.3 Å². The molecule has 1 aliphatic rings. The van der Waals surface area contributed by atoms with Gasteiger partial charge in [0.1, 0.15) is 11.9 Å². The number of benzene rings is 1. The molecule has 5 nitrogen and oxygen atoms in total. The minimum absolute atomic E-state index is 0.0739. The van der Waals surface area contributed by atoms with Crippen molar-refractivity contribution < 1.29 is 9.21 Å². The van der Waals surface area contributed by atoms with Crippen molar-refractivity contribution in [2.24, 2.45) is 0 Å². The third kappa shape index (κ3) is 2.87. The van der Waals surface area contributed by atoms with Gasteiger partial charge >= 0.3 is 0 Å². The molecule has 0 radical (unpaired) electrons. The first-order valence-electron chi connectivity index (χ1n) is 7.94. The molecule has 1 amide bonds. The van der Waals surface area contributed by atoms with Crippen molar-refractivity contribution in [2.75, 3.05) is 5.32 Å². The maximum Gasteiger partial charge on any atom is 0.258 e. The van der Waals surface area contributed by atoms with Crippen molar-refractivity contribution in [3.63, 3.8) is 0 Å². The van der Waals surface area contributed by atoms with Crippen LogP contribution < -0.4 is 5.32 Å². The molecule has 1 aliphatic heterocycles. The molecule has 1 atom stereocenters. The third-order valence-electron chi connectivity index (χ3n) is 4.28. The molecule has 0 saturated heterocycles. The SMILES string of the molecule is Cc1ccc(NC2c3ncccc3C(=O)N2Cc2ccco2)cc1Cl. The van der Waals surface area contributed by atoms with E-state index in [-0.39, 0.29) is 12.1 Å². The van der Waals surface area contributed by atoms with Crippen LogP contribution in [0.25, 0.3) is 0 Å². The minimum Gasteiger partial charge on any atom is -0.467 e. The lowest BCUT2D eigenvalue weighted by molar-refractivity contribution is 0.0714. The predicted octanol–water partition coefficient (Wildman–Crippen LogP) is 4.40. The fraction of sp³-hybridized carbons (Fsp3) is 0.158. The van der Waals surface area contributed by atoms with E-state index in [4.69, 9.17) is 16.0 Å². The number of fused-ring (bicyclic) bond motifs is 1. The van der Waals surface area contributed by atoms with Gasteiger partial charge in [0.15, 0.2) is 0 Å². The summed E-state index contributed by atoms with van der Waals surface area (Å²) >= 11 is 6.23. The lowest BCUT2D eigenvalue weighted by Gasteiger charge is -2.26. The zero-order valence-corrected chi connectivity index (χ0v) is 14.3. The summed E-state index contributed by atoms with van der Waals surface area (Å²) in [7, 11) is 0. The molecule has 25 heavy (non-hydrogen) atoms. The minimum atomic E-state index is -0.382. The van der Waals surface area contributed by atoms with Gasteiger partial charge in [-0.3, -0.25) is 9.78 Å². The second-order valence-corrected chi connectivity index (χ2v) is 6.37. The number of hydrogen-bond donors (Lipinski definition) is 1. The first-order chi connectivity index (χ1) is 12.1. The predicted molar refractivity (Wildman–Crippen MR) is 95.4 cm³/mol. The van der Waals surface area contributed by atoms with Crippen LogP contribution >= 0.6 is 11.6 Å². The molecule has 0 fully saturated rings. The van der Waals surface area contributed by atoms with Crippen LogP contribution in [0.3, 0.4) is 0 Å². The van der Waals surface area contributed by atoms with Crippen molar-refractivity contribution in [1.29, 1.82) is 0 Å². The Kier molecular flexibility index (Phi) is 3.93. The molecular weight excluding hydrogens is 338 g/mol. The number of nitrogens with zero attached hydrogens (tertiary/aromatic N) is 2. The maximum absolute atomic E-state index is 12.8. The van der Waals surface area contributed by atoms with Gasteiger partial charge < -0.3 is 14.6 Å². The number of nitrogens with one attached hydrogen (secondary N) is 1. The highest BCUT2D eigenvalue weighted by Crippen LogP contribution is 2.34. The summed E-state index contributed by atoms with van der Waals surface area (Å²) < 4.78 is 5.41. The Labute approximate surface area is 150 Å². The summed E-state index contributed by atoms with van der Waals surface area (Å²) in [5.41, 5.74) is 3.14. The fourth-order valence-electron chi connectivity index (χ4n) is 2.96. The van der Waals surface area contributed by atoms with E-state index in [1.807, 2.05) is 37.3 Å². The van der Waals surface area contributed by atoms with Crippen molar-refractivity contribution in [3.05, 3.63) is 82.5 Å². The van der Waals surface area contributed by atoms with Crippen molar-refractivity contribution in [2.45, 2.75) is 19.6 Å². The zero-order valence-electron chi connectivity index (χ0n) is 13.6. The molecule has 4 rings (SSSR count). The van der Waals surface area contributed by atoms with Crippen LogP contribution in [0.4, 0.5) is 5.69 Å². The van der Waals surface area contributed by atoms with Crippen molar-refractivity contribution >= 4 is 23.2 Å². The Bertz CT molecular complexity index is 924. The largest absolute Gasteiger partial charge is 0.467 e. The molecule has 0 bridgehead atoms. The van der Waals surface area contributed by atoms with Gasteiger partial charge in [0.05, 0.1) is 24.1 Å². The van der Waals surface area contributed by atoms with E-state index in [2.05, 4.69) is 10.3 Å². The van der Waals surface area contributed by atoms with Gasteiger partial charge in [-0.25, -0.2) is 0 Å². The Morgan fingerprint density at radius 1 is 1.28 bits per heavy atom. The summed E-state index contributed by atoms with van der Waals surface area (Å²) in [6.45, 7) is 2.31. The number of aryl methyl sites for hydroxylation is 1. The first-order valence-corrected chi connectivity index (χ1v) is 8.32. The number of rotatable bonds is 4. The van der Waals surface area contributed by atoms with Crippen LogP contribution in [0.5, 0.6) is 0 Å². The molecule has 1 N–H and O–H groups in total. The third-order valence-corrected chi connectivity index (χ3v) is 4.69. The second kappa shape index (κ2) is 6.26. The maximum atomic E-state index is 12.8. The Morgan fingerprint density at radius 2 is 2.16 bits per heavy atom. The topological polar surface area (TPSA) is 58.4 Å². The van der Waals surface area contributed by atoms with Crippen LogP contribution in [-0.2, 0) is 6.54 Å². The molecule has 1 unspecified atom stereocenters. The molecule has 3 aromatic rings. The van der Waals surface area contributed by atoms with Gasteiger partial charge in [-0.2, -0.15) is 0 Å². The fourth-order valence-corrected chi connectivity index (χ4v) is 3.14. The van der Waals surface area contributed by atoms with E-state index in [1.165, 1.54) is 0 Å². The summed E-state index contributed by atoms with van der Waals surface area (Å²) in [6, 6.07) is 13.0. The zero-order chi connectivity index (χ0) is 17.4. The lowest BCUT2D eigenvalue weighted by Crippen LogP contribution is -2.32. The molecule has 3 heterocycles.